The largest absolute Gasteiger partial charge is 0.370 e. The van der Waals surface area contributed by atoms with E-state index in [1.165, 1.54) is 11.3 Å². The van der Waals surface area contributed by atoms with E-state index in [2.05, 4.69) is 52.0 Å². The van der Waals surface area contributed by atoms with E-state index in [1.807, 2.05) is 0 Å². The molecule has 1 saturated heterocycles. The highest BCUT2D eigenvalue weighted by atomic mass is 79.9. The van der Waals surface area contributed by atoms with Crippen molar-refractivity contribution in [2.24, 2.45) is 5.73 Å². The molecule has 2 N–H and O–H groups in total. The quantitative estimate of drug-likeness (QED) is 0.866. The molecule has 17 heavy (non-hydrogen) atoms. The maximum absolute atomic E-state index is 9.00. The third-order valence-corrected chi connectivity index (χ3v) is 3.96. The molecule has 1 fully saturated rings. The Balaban J connectivity index is 2.14. The first-order valence-electron chi connectivity index (χ1n) is 5.75. The predicted molar refractivity (Wildman–Crippen MR) is 72.9 cm³/mol. The van der Waals surface area contributed by atoms with Crippen molar-refractivity contribution in [1.29, 1.82) is 5.26 Å². The van der Waals surface area contributed by atoms with Gasteiger partial charge in [-0.15, -0.1) is 0 Å². The first-order chi connectivity index (χ1) is 8.04. The smallest absolute Gasteiger partial charge is 0.107 e. The van der Waals surface area contributed by atoms with Crippen LogP contribution in [0.1, 0.15) is 18.4 Å². The molecule has 0 radical (unpaired) electrons. The molecule has 2 rings (SSSR count). The molecule has 0 aliphatic carbocycles. The number of halogens is 1. The van der Waals surface area contributed by atoms with E-state index in [0.29, 0.717) is 0 Å². The van der Waals surface area contributed by atoms with Gasteiger partial charge in [0.1, 0.15) is 5.54 Å². The second kappa shape index (κ2) is 4.67. The van der Waals surface area contributed by atoms with Crippen LogP contribution in [0.3, 0.4) is 0 Å². The summed E-state index contributed by atoms with van der Waals surface area (Å²) in [6.07, 6.45) is 1.45. The molecule has 90 valence electrons. The van der Waals surface area contributed by atoms with Gasteiger partial charge in [-0.25, -0.2) is 0 Å². The number of anilines is 1. The number of nitrogens with zero attached hydrogens (tertiary/aromatic N) is 2. The van der Waals surface area contributed by atoms with Crippen LogP contribution in [-0.2, 0) is 0 Å². The van der Waals surface area contributed by atoms with Crippen molar-refractivity contribution in [2.75, 3.05) is 18.0 Å². The molecule has 1 aliphatic rings. The fourth-order valence-corrected chi connectivity index (χ4v) is 2.87. The summed E-state index contributed by atoms with van der Waals surface area (Å²) in [5.74, 6) is 0. The average Bonchev–Trinajstić information content (AvgIpc) is 2.31. The molecule has 0 amide bonds. The van der Waals surface area contributed by atoms with Gasteiger partial charge in [0.25, 0.3) is 0 Å². The maximum atomic E-state index is 9.00. The normalized spacial score (nSPS) is 18.8. The SMILES string of the molecule is Cc1ccc(N2CCC(N)(C#N)CC2)c(Br)c1. The van der Waals surface area contributed by atoms with Crippen LogP contribution in [0.15, 0.2) is 22.7 Å². The number of aryl methyl sites for hydroxylation is 1. The summed E-state index contributed by atoms with van der Waals surface area (Å²) >= 11 is 3.59. The number of nitrogens with two attached hydrogens (primary N) is 1. The Morgan fingerprint density at radius 1 is 1.41 bits per heavy atom. The van der Waals surface area contributed by atoms with Gasteiger partial charge < -0.3 is 10.6 Å². The van der Waals surface area contributed by atoms with Gasteiger partial charge in [0, 0.05) is 17.6 Å². The number of nitriles is 1. The molecule has 1 aromatic rings. The van der Waals surface area contributed by atoms with Gasteiger partial charge >= 0.3 is 0 Å². The van der Waals surface area contributed by atoms with Crippen LogP contribution < -0.4 is 10.6 Å². The fraction of sp³-hybridized carbons (Fsp3) is 0.462. The highest BCUT2D eigenvalue weighted by Gasteiger charge is 2.30. The Morgan fingerprint density at radius 2 is 2.06 bits per heavy atom. The van der Waals surface area contributed by atoms with E-state index in [1.54, 1.807) is 0 Å². The van der Waals surface area contributed by atoms with Crippen LogP contribution in [0, 0.1) is 18.3 Å². The fourth-order valence-electron chi connectivity index (χ4n) is 2.13. The summed E-state index contributed by atoms with van der Waals surface area (Å²) in [5, 5.41) is 9.00. The van der Waals surface area contributed by atoms with Crippen LogP contribution in [-0.4, -0.2) is 18.6 Å². The summed E-state index contributed by atoms with van der Waals surface area (Å²) in [5.41, 5.74) is 7.76. The lowest BCUT2D eigenvalue weighted by Crippen LogP contribution is -2.49. The maximum Gasteiger partial charge on any atom is 0.107 e. The average molecular weight is 294 g/mol. The van der Waals surface area contributed by atoms with Crippen molar-refractivity contribution in [3.8, 4) is 6.07 Å². The lowest BCUT2D eigenvalue weighted by atomic mass is 9.90. The van der Waals surface area contributed by atoms with Gasteiger partial charge in [-0.1, -0.05) is 6.07 Å². The molecule has 0 aromatic heterocycles. The highest BCUT2D eigenvalue weighted by Crippen LogP contribution is 2.31. The zero-order valence-corrected chi connectivity index (χ0v) is 11.5. The first kappa shape index (κ1) is 12.4. The second-order valence-electron chi connectivity index (χ2n) is 4.71. The van der Waals surface area contributed by atoms with Gasteiger partial charge in [-0.3, -0.25) is 0 Å². The van der Waals surface area contributed by atoms with Gasteiger partial charge in [-0.2, -0.15) is 5.26 Å². The van der Waals surface area contributed by atoms with Gasteiger partial charge in [-0.05, 0) is 53.4 Å². The first-order valence-corrected chi connectivity index (χ1v) is 6.55. The molecular weight excluding hydrogens is 278 g/mol. The number of piperidine rings is 1. The molecule has 0 atom stereocenters. The number of benzene rings is 1. The van der Waals surface area contributed by atoms with Crippen molar-refractivity contribution in [1.82, 2.24) is 0 Å². The minimum Gasteiger partial charge on any atom is -0.370 e. The topological polar surface area (TPSA) is 53.0 Å². The molecule has 3 nitrogen and oxygen atoms in total. The summed E-state index contributed by atoms with van der Waals surface area (Å²) in [6, 6.07) is 8.56. The summed E-state index contributed by atoms with van der Waals surface area (Å²) in [7, 11) is 0. The van der Waals surface area contributed by atoms with E-state index in [-0.39, 0.29) is 0 Å². The van der Waals surface area contributed by atoms with Crippen LogP contribution in [0.5, 0.6) is 0 Å². The molecule has 1 aromatic carbocycles. The predicted octanol–water partition coefficient (Wildman–Crippen LogP) is 2.58. The Hall–Kier alpha value is -1.05. The standard InChI is InChI=1S/C13H16BrN3/c1-10-2-3-12(11(14)8-10)17-6-4-13(16,9-15)5-7-17/h2-3,8H,4-7,16H2,1H3. The van der Waals surface area contributed by atoms with Crippen LogP contribution in [0.4, 0.5) is 5.69 Å². The summed E-state index contributed by atoms with van der Waals surface area (Å²) in [6.45, 7) is 3.75. The van der Waals surface area contributed by atoms with E-state index < -0.39 is 5.54 Å². The minimum absolute atomic E-state index is 0.631. The van der Waals surface area contributed by atoms with Crippen LogP contribution >= 0.6 is 15.9 Å². The third-order valence-electron chi connectivity index (χ3n) is 3.32. The lowest BCUT2D eigenvalue weighted by molar-refractivity contribution is 0.415. The van der Waals surface area contributed by atoms with E-state index in [9.17, 15) is 0 Å². The molecule has 1 aliphatic heterocycles. The molecule has 0 spiro atoms. The van der Waals surface area contributed by atoms with Gasteiger partial charge in [0.15, 0.2) is 0 Å². The molecule has 0 unspecified atom stereocenters. The zero-order chi connectivity index (χ0) is 12.5. The van der Waals surface area contributed by atoms with Gasteiger partial charge in [0.2, 0.25) is 0 Å². The van der Waals surface area contributed by atoms with E-state index in [4.69, 9.17) is 11.0 Å². The van der Waals surface area contributed by atoms with Crippen LogP contribution in [0.2, 0.25) is 0 Å². The van der Waals surface area contributed by atoms with Crippen LogP contribution in [0.25, 0.3) is 0 Å². The van der Waals surface area contributed by atoms with E-state index in [0.717, 1.165) is 30.4 Å². The Labute approximate surface area is 110 Å². The van der Waals surface area contributed by atoms with Crippen molar-refractivity contribution in [2.45, 2.75) is 25.3 Å². The summed E-state index contributed by atoms with van der Waals surface area (Å²) in [4.78, 5) is 2.28. The summed E-state index contributed by atoms with van der Waals surface area (Å²) < 4.78 is 1.11. The highest BCUT2D eigenvalue weighted by molar-refractivity contribution is 9.10. The Kier molecular flexibility index (Phi) is 3.41. The van der Waals surface area contributed by atoms with E-state index >= 15 is 0 Å². The molecular formula is C13H16BrN3. The lowest BCUT2D eigenvalue weighted by Gasteiger charge is -2.36. The third kappa shape index (κ3) is 2.62. The van der Waals surface area contributed by atoms with Gasteiger partial charge in [0.05, 0.1) is 11.8 Å². The number of rotatable bonds is 1. The van der Waals surface area contributed by atoms with Crippen molar-refractivity contribution >= 4 is 21.6 Å². The number of hydrogen-bond donors (Lipinski definition) is 1. The number of hydrogen-bond acceptors (Lipinski definition) is 3. The molecule has 4 heteroatoms. The minimum atomic E-state index is -0.631. The second-order valence-corrected chi connectivity index (χ2v) is 5.56. The molecule has 0 saturated carbocycles. The monoisotopic (exact) mass is 293 g/mol. The Bertz CT molecular complexity index is 456. The molecule has 1 heterocycles. The van der Waals surface area contributed by atoms with Crippen molar-refractivity contribution in [3.05, 3.63) is 28.2 Å². The molecule has 0 bridgehead atoms. The van der Waals surface area contributed by atoms with Crippen molar-refractivity contribution < 1.29 is 0 Å². The Morgan fingerprint density at radius 3 is 2.59 bits per heavy atom. The zero-order valence-electron chi connectivity index (χ0n) is 9.91. The van der Waals surface area contributed by atoms with Crippen molar-refractivity contribution in [3.63, 3.8) is 0 Å².